The summed E-state index contributed by atoms with van der Waals surface area (Å²) < 4.78 is 17.2. The number of hydrogen-bond donors (Lipinski definition) is 1. The average molecular weight is 548 g/mol. The van der Waals surface area contributed by atoms with Crippen LogP contribution in [0.1, 0.15) is 56.2 Å². The molecule has 4 aliphatic heterocycles. The average Bonchev–Trinajstić information content (AvgIpc) is 3.10. The van der Waals surface area contributed by atoms with E-state index in [1.54, 1.807) is 11.2 Å². The predicted octanol–water partition coefficient (Wildman–Crippen LogP) is 3.62. The number of rotatable bonds is 3. The molecule has 1 aromatic carbocycles. The lowest BCUT2D eigenvalue weighted by Crippen LogP contribution is -2.62. The summed E-state index contributed by atoms with van der Waals surface area (Å²) >= 11 is 0. The van der Waals surface area contributed by atoms with Gasteiger partial charge in [0.15, 0.2) is 0 Å². The molecule has 3 saturated heterocycles. The van der Waals surface area contributed by atoms with Crippen molar-refractivity contribution < 1.29 is 19.0 Å². The number of likely N-dealkylation sites (tertiary alicyclic amines) is 2. The summed E-state index contributed by atoms with van der Waals surface area (Å²) in [5.41, 5.74) is 2.96. The number of aromatic nitrogens is 2. The fourth-order valence-electron chi connectivity index (χ4n) is 5.95. The Balaban J connectivity index is 1.13. The minimum atomic E-state index is -0.479. The first-order valence-electron chi connectivity index (χ1n) is 14.2. The van der Waals surface area contributed by atoms with Gasteiger partial charge in [0.25, 0.3) is 0 Å². The highest BCUT2D eigenvalue weighted by molar-refractivity contribution is 5.73. The highest BCUT2D eigenvalue weighted by Crippen LogP contribution is 2.41. The SMILES string of the molecule is CC(C)(C)OC(=O)N1CC(N2CCC(c3cc4c(cc3C#N)OCc3c(ncnc3N3CCOCC3)N4)CC2)C1. The summed E-state index contributed by atoms with van der Waals surface area (Å²) in [6.07, 6.45) is 3.27. The second-order valence-electron chi connectivity index (χ2n) is 11.9. The van der Waals surface area contributed by atoms with Crippen molar-refractivity contribution in [3.8, 4) is 11.8 Å². The highest BCUT2D eigenvalue weighted by Gasteiger charge is 2.38. The zero-order valence-corrected chi connectivity index (χ0v) is 23.5. The van der Waals surface area contributed by atoms with Gasteiger partial charge in [0.1, 0.15) is 35.9 Å². The van der Waals surface area contributed by atoms with Crippen molar-refractivity contribution in [3.63, 3.8) is 0 Å². The standard InChI is InChI=1S/C29H37N7O4/c1-29(2,3)40-28(37)36-15-21(16-36)34-6-4-19(5-7-34)22-13-24-25(12-20(22)14-30)39-17-23-26(33-24)31-18-32-27(23)35-8-10-38-11-9-35/h12-13,18-19,21H,4-11,15-17H2,1-3H3,(H,31,32,33). The molecule has 11 heteroatoms. The first-order chi connectivity index (χ1) is 19.3. The van der Waals surface area contributed by atoms with E-state index in [4.69, 9.17) is 14.2 Å². The van der Waals surface area contributed by atoms with E-state index in [1.165, 1.54) is 0 Å². The quantitative estimate of drug-likeness (QED) is 0.611. The lowest BCUT2D eigenvalue weighted by Gasteiger charge is -2.47. The van der Waals surface area contributed by atoms with Crippen LogP contribution in [-0.2, 0) is 16.1 Å². The summed E-state index contributed by atoms with van der Waals surface area (Å²) in [5, 5.41) is 13.5. The summed E-state index contributed by atoms with van der Waals surface area (Å²) in [6, 6.07) is 6.72. The van der Waals surface area contributed by atoms with E-state index < -0.39 is 5.60 Å². The van der Waals surface area contributed by atoms with Gasteiger partial charge in [-0.15, -0.1) is 0 Å². The number of anilines is 3. The Hall–Kier alpha value is -3.62. The van der Waals surface area contributed by atoms with E-state index in [-0.39, 0.29) is 12.0 Å². The second-order valence-corrected chi connectivity index (χ2v) is 11.9. The highest BCUT2D eigenvalue weighted by atomic mass is 16.6. The minimum Gasteiger partial charge on any atom is -0.486 e. The van der Waals surface area contributed by atoms with Crippen LogP contribution in [-0.4, -0.2) is 90.0 Å². The molecule has 40 heavy (non-hydrogen) atoms. The molecule has 5 heterocycles. The maximum atomic E-state index is 12.3. The van der Waals surface area contributed by atoms with E-state index in [0.717, 1.165) is 67.5 Å². The van der Waals surface area contributed by atoms with Crippen LogP contribution in [0.5, 0.6) is 5.75 Å². The number of fused-ring (bicyclic) bond motifs is 2. The number of nitrogens with zero attached hydrogens (tertiary/aromatic N) is 6. The Morgan fingerprint density at radius 2 is 1.88 bits per heavy atom. The van der Waals surface area contributed by atoms with Gasteiger partial charge in [-0.05, 0) is 64.3 Å². The molecule has 1 N–H and O–H groups in total. The summed E-state index contributed by atoms with van der Waals surface area (Å²) in [5.74, 6) is 2.53. The molecule has 11 nitrogen and oxygen atoms in total. The molecule has 0 unspecified atom stereocenters. The molecule has 1 aromatic heterocycles. The Labute approximate surface area is 235 Å². The smallest absolute Gasteiger partial charge is 0.410 e. The topological polar surface area (TPSA) is 116 Å². The Morgan fingerprint density at radius 1 is 1.12 bits per heavy atom. The number of benzene rings is 1. The van der Waals surface area contributed by atoms with Crippen molar-refractivity contribution in [1.82, 2.24) is 19.8 Å². The zero-order chi connectivity index (χ0) is 27.9. The fourth-order valence-corrected chi connectivity index (χ4v) is 5.95. The normalized spacial score (nSPS) is 20.2. The van der Waals surface area contributed by atoms with Gasteiger partial charge in [-0.1, -0.05) is 0 Å². The number of nitrogens with one attached hydrogen (secondary N) is 1. The van der Waals surface area contributed by atoms with Crippen LogP contribution >= 0.6 is 0 Å². The van der Waals surface area contributed by atoms with Crippen LogP contribution < -0.4 is 15.0 Å². The molecule has 0 bridgehead atoms. The van der Waals surface area contributed by atoms with E-state index in [0.29, 0.717) is 50.3 Å². The largest absolute Gasteiger partial charge is 0.486 e. The molecule has 0 saturated carbocycles. The molecule has 4 aliphatic rings. The van der Waals surface area contributed by atoms with Crippen molar-refractivity contribution in [1.29, 1.82) is 5.26 Å². The van der Waals surface area contributed by atoms with Crippen LogP contribution in [0.4, 0.5) is 22.1 Å². The Bertz CT molecular complexity index is 1300. The molecule has 0 radical (unpaired) electrons. The van der Waals surface area contributed by atoms with Crippen molar-refractivity contribution in [3.05, 3.63) is 35.2 Å². The van der Waals surface area contributed by atoms with Gasteiger partial charge >= 0.3 is 6.09 Å². The van der Waals surface area contributed by atoms with Crippen molar-refractivity contribution in [2.45, 2.75) is 57.8 Å². The van der Waals surface area contributed by atoms with Crippen LogP contribution in [0.3, 0.4) is 0 Å². The van der Waals surface area contributed by atoms with Crippen LogP contribution in [0.15, 0.2) is 18.5 Å². The van der Waals surface area contributed by atoms with Gasteiger partial charge in [0, 0.05) is 38.3 Å². The molecule has 3 fully saturated rings. The van der Waals surface area contributed by atoms with Crippen molar-refractivity contribution in [2.24, 2.45) is 0 Å². The van der Waals surface area contributed by atoms with Crippen LogP contribution in [0, 0.1) is 11.3 Å². The number of carbonyl (C=O) groups is 1. The molecule has 0 spiro atoms. The lowest BCUT2D eigenvalue weighted by molar-refractivity contribution is -0.0196. The maximum Gasteiger partial charge on any atom is 0.410 e. The molecule has 6 rings (SSSR count). The van der Waals surface area contributed by atoms with Crippen LogP contribution in [0.25, 0.3) is 0 Å². The monoisotopic (exact) mass is 547 g/mol. The number of amides is 1. The molecular weight excluding hydrogens is 510 g/mol. The van der Waals surface area contributed by atoms with Gasteiger partial charge in [-0.3, -0.25) is 4.90 Å². The first-order valence-corrected chi connectivity index (χ1v) is 14.2. The molecule has 0 atom stereocenters. The van der Waals surface area contributed by atoms with Gasteiger partial charge in [-0.2, -0.15) is 5.26 Å². The fraction of sp³-hybridized carbons (Fsp3) is 0.586. The third-order valence-electron chi connectivity index (χ3n) is 8.13. The zero-order valence-electron chi connectivity index (χ0n) is 23.5. The van der Waals surface area contributed by atoms with Gasteiger partial charge < -0.3 is 29.3 Å². The molecule has 2 aromatic rings. The third kappa shape index (κ3) is 5.38. The summed E-state index contributed by atoms with van der Waals surface area (Å²) in [6.45, 7) is 12.2. The van der Waals surface area contributed by atoms with Crippen LogP contribution in [0.2, 0.25) is 0 Å². The minimum absolute atomic E-state index is 0.235. The Morgan fingerprint density at radius 3 is 2.58 bits per heavy atom. The number of piperidine rings is 1. The first kappa shape index (κ1) is 26.6. The summed E-state index contributed by atoms with van der Waals surface area (Å²) in [4.78, 5) is 27.9. The van der Waals surface area contributed by atoms with Crippen molar-refractivity contribution >= 4 is 23.4 Å². The molecular formula is C29H37N7O4. The second kappa shape index (κ2) is 10.7. The Kier molecular flexibility index (Phi) is 7.15. The third-order valence-corrected chi connectivity index (χ3v) is 8.13. The van der Waals surface area contributed by atoms with Crippen molar-refractivity contribution in [2.75, 3.05) is 62.7 Å². The maximum absolute atomic E-state index is 12.3. The van der Waals surface area contributed by atoms with E-state index in [1.807, 2.05) is 26.8 Å². The number of nitriles is 1. The molecule has 0 aliphatic carbocycles. The number of ether oxygens (including phenoxy) is 3. The van der Waals surface area contributed by atoms with E-state index in [2.05, 4.69) is 37.2 Å². The lowest BCUT2D eigenvalue weighted by atomic mass is 9.85. The van der Waals surface area contributed by atoms with E-state index >= 15 is 0 Å². The number of morpholine rings is 1. The molecule has 1 amide bonds. The summed E-state index contributed by atoms with van der Waals surface area (Å²) in [7, 11) is 0. The van der Waals surface area contributed by atoms with Gasteiger partial charge in [0.2, 0.25) is 0 Å². The number of hydrogen-bond acceptors (Lipinski definition) is 10. The van der Waals surface area contributed by atoms with E-state index in [9.17, 15) is 10.1 Å². The van der Waals surface area contributed by atoms with Gasteiger partial charge in [0.05, 0.1) is 36.1 Å². The molecule has 212 valence electrons. The predicted molar refractivity (Wildman–Crippen MR) is 149 cm³/mol. The van der Waals surface area contributed by atoms with Gasteiger partial charge in [-0.25, -0.2) is 14.8 Å². The number of carbonyl (C=O) groups excluding carboxylic acids is 1.